The number of allylic oxidation sites excluding steroid dienone is 1. The summed E-state index contributed by atoms with van der Waals surface area (Å²) >= 11 is 0. The quantitative estimate of drug-likeness (QED) is 0.922. The Morgan fingerprint density at radius 2 is 1.64 bits per heavy atom. The molecule has 25 heavy (non-hydrogen) atoms. The Hall–Kier alpha value is -2.24. The number of hydrogen-bond acceptors (Lipinski definition) is 4. The summed E-state index contributed by atoms with van der Waals surface area (Å²) < 4.78 is 25.9. The predicted molar refractivity (Wildman–Crippen MR) is 96.7 cm³/mol. The number of sulfone groups is 1. The minimum atomic E-state index is -3.48. The number of hydrogen-bond donors (Lipinski definition) is 1. The van der Waals surface area contributed by atoms with Gasteiger partial charge in [0, 0.05) is 24.5 Å². The number of rotatable bonds is 3. The molecule has 2 unspecified atom stereocenters. The second-order valence-corrected chi connectivity index (χ2v) is 8.79. The average molecular weight is 353 g/mol. The first-order valence-corrected chi connectivity index (χ1v) is 9.90. The molecule has 4 rings (SSSR count). The van der Waals surface area contributed by atoms with E-state index in [0.29, 0.717) is 23.3 Å². The molecular weight excluding hydrogens is 334 g/mol. The molecule has 128 valence electrons. The molecule has 1 saturated heterocycles. The summed E-state index contributed by atoms with van der Waals surface area (Å²) in [6.07, 6.45) is 0.691. The molecule has 0 bridgehead atoms. The van der Waals surface area contributed by atoms with E-state index in [4.69, 9.17) is 0 Å². The zero-order valence-electron chi connectivity index (χ0n) is 13.9. The van der Waals surface area contributed by atoms with Gasteiger partial charge in [-0.25, -0.2) is 8.42 Å². The molecule has 2 aromatic carbocycles. The fourth-order valence-electron chi connectivity index (χ4n) is 3.69. The lowest BCUT2D eigenvalue weighted by molar-refractivity contribution is -0.113. The number of Topliss-reactive ketones (excluding diaryl/α,β-unsaturated/α-hetero) is 1. The predicted octanol–water partition coefficient (Wildman–Crippen LogP) is 2.88. The van der Waals surface area contributed by atoms with Crippen molar-refractivity contribution in [3.63, 3.8) is 0 Å². The maximum Gasteiger partial charge on any atom is 0.194 e. The highest BCUT2D eigenvalue weighted by Gasteiger charge is 2.44. The van der Waals surface area contributed by atoms with Crippen LogP contribution >= 0.6 is 0 Å². The van der Waals surface area contributed by atoms with Crippen molar-refractivity contribution in [1.82, 2.24) is 5.32 Å². The fraction of sp³-hybridized carbons (Fsp3) is 0.250. The molecule has 2 aromatic rings. The Morgan fingerprint density at radius 1 is 0.960 bits per heavy atom. The van der Waals surface area contributed by atoms with E-state index < -0.39 is 15.2 Å². The molecule has 0 aromatic heterocycles. The molecule has 2 aliphatic rings. The summed E-state index contributed by atoms with van der Waals surface area (Å²) in [6.45, 7) is 1.93. The smallest absolute Gasteiger partial charge is 0.194 e. The highest BCUT2D eigenvalue weighted by Crippen LogP contribution is 2.40. The molecule has 0 saturated carbocycles. The first-order chi connectivity index (χ1) is 12.0. The van der Waals surface area contributed by atoms with Gasteiger partial charge >= 0.3 is 0 Å². The number of carbonyl (C=O) groups excluding carboxylic acids is 1. The second-order valence-electron chi connectivity index (χ2n) is 6.66. The van der Waals surface area contributed by atoms with Crippen LogP contribution in [0.3, 0.4) is 0 Å². The summed E-state index contributed by atoms with van der Waals surface area (Å²) in [4.78, 5) is 12.7. The number of nitrogens with one attached hydrogen (secondary N) is 1. The van der Waals surface area contributed by atoms with Crippen molar-refractivity contribution in [2.24, 2.45) is 0 Å². The molecule has 1 aliphatic heterocycles. The lowest BCUT2D eigenvalue weighted by Gasteiger charge is -2.14. The first-order valence-electron chi connectivity index (χ1n) is 8.35. The zero-order chi connectivity index (χ0) is 17.6. The molecule has 5 heteroatoms. The van der Waals surface area contributed by atoms with Gasteiger partial charge in [-0.3, -0.25) is 10.1 Å². The maximum atomic E-state index is 12.9. The van der Waals surface area contributed by atoms with Gasteiger partial charge in [-0.05, 0) is 30.2 Å². The summed E-state index contributed by atoms with van der Waals surface area (Å²) in [5.41, 5.74) is 3.52. The van der Waals surface area contributed by atoms with Gasteiger partial charge in [0.2, 0.25) is 0 Å². The Morgan fingerprint density at radius 3 is 2.32 bits per heavy atom. The molecule has 1 aliphatic carbocycles. The zero-order valence-corrected chi connectivity index (χ0v) is 14.7. The SMILES string of the molecule is Cc1ccc(S(=O)(=O)C2CC3=C(c4ccccc4)C(=O)CC3N2)cc1. The van der Waals surface area contributed by atoms with E-state index in [1.165, 1.54) is 0 Å². The topological polar surface area (TPSA) is 63.2 Å². The maximum absolute atomic E-state index is 12.9. The van der Waals surface area contributed by atoms with Crippen molar-refractivity contribution in [3.05, 3.63) is 71.3 Å². The van der Waals surface area contributed by atoms with Crippen molar-refractivity contribution >= 4 is 21.2 Å². The molecule has 4 nitrogen and oxygen atoms in total. The Balaban J connectivity index is 1.70. The Bertz CT molecular complexity index is 960. The van der Waals surface area contributed by atoms with Crippen LogP contribution in [-0.4, -0.2) is 25.6 Å². The van der Waals surface area contributed by atoms with Gasteiger partial charge in [-0.2, -0.15) is 0 Å². The van der Waals surface area contributed by atoms with Crippen LogP contribution in [-0.2, 0) is 14.6 Å². The molecular formula is C20H19NO3S. The minimum Gasteiger partial charge on any atom is -0.294 e. The molecule has 0 radical (unpaired) electrons. The fourth-order valence-corrected chi connectivity index (χ4v) is 5.28. The van der Waals surface area contributed by atoms with E-state index in [2.05, 4.69) is 5.32 Å². The minimum absolute atomic E-state index is 0.0879. The van der Waals surface area contributed by atoms with Gasteiger partial charge < -0.3 is 0 Å². The van der Waals surface area contributed by atoms with Crippen molar-refractivity contribution in [3.8, 4) is 0 Å². The largest absolute Gasteiger partial charge is 0.294 e. The lowest BCUT2D eigenvalue weighted by atomic mass is 10.0. The van der Waals surface area contributed by atoms with Gasteiger partial charge in [-0.15, -0.1) is 0 Å². The number of fused-ring (bicyclic) bond motifs is 1. The van der Waals surface area contributed by atoms with Crippen LogP contribution in [0.1, 0.15) is 24.0 Å². The number of ketones is 1. The van der Waals surface area contributed by atoms with E-state index in [9.17, 15) is 13.2 Å². The molecule has 0 spiro atoms. The summed E-state index contributed by atoms with van der Waals surface area (Å²) in [5.74, 6) is 0.0879. The van der Waals surface area contributed by atoms with Crippen LogP contribution in [0.4, 0.5) is 0 Å². The van der Waals surface area contributed by atoms with Crippen molar-refractivity contribution in [1.29, 1.82) is 0 Å². The molecule has 1 fully saturated rings. The van der Waals surface area contributed by atoms with Crippen LogP contribution in [0.25, 0.3) is 5.57 Å². The molecule has 1 heterocycles. The van der Waals surface area contributed by atoms with Crippen LogP contribution in [0.5, 0.6) is 0 Å². The standard InChI is InChI=1S/C20H19NO3S/c1-13-7-9-15(10-8-13)25(23,24)19-11-16-17(21-19)12-18(22)20(16)14-5-3-2-4-6-14/h2-10,17,19,21H,11-12H2,1H3. The third-order valence-electron chi connectivity index (χ3n) is 4.99. The Kier molecular flexibility index (Phi) is 3.85. The van der Waals surface area contributed by atoms with E-state index in [0.717, 1.165) is 16.7 Å². The van der Waals surface area contributed by atoms with E-state index >= 15 is 0 Å². The Labute approximate surface area is 147 Å². The number of carbonyl (C=O) groups is 1. The van der Waals surface area contributed by atoms with Crippen LogP contribution in [0, 0.1) is 6.92 Å². The van der Waals surface area contributed by atoms with E-state index in [1.807, 2.05) is 37.3 Å². The van der Waals surface area contributed by atoms with Crippen molar-refractivity contribution in [2.45, 2.75) is 36.1 Å². The molecule has 1 N–H and O–H groups in total. The second kappa shape index (κ2) is 5.93. The molecule has 0 amide bonds. The van der Waals surface area contributed by atoms with Gasteiger partial charge in [0.1, 0.15) is 5.37 Å². The van der Waals surface area contributed by atoms with Gasteiger partial charge in [0.25, 0.3) is 0 Å². The van der Waals surface area contributed by atoms with Crippen LogP contribution < -0.4 is 5.32 Å². The van der Waals surface area contributed by atoms with Crippen LogP contribution in [0.15, 0.2) is 65.1 Å². The van der Waals surface area contributed by atoms with Gasteiger partial charge in [-0.1, -0.05) is 48.0 Å². The van der Waals surface area contributed by atoms with E-state index in [1.54, 1.807) is 24.3 Å². The number of benzene rings is 2. The van der Waals surface area contributed by atoms with Crippen molar-refractivity contribution in [2.75, 3.05) is 0 Å². The average Bonchev–Trinajstić information content (AvgIpc) is 3.13. The summed E-state index contributed by atoms with van der Waals surface area (Å²) in [7, 11) is -3.48. The molecule has 2 atom stereocenters. The highest BCUT2D eigenvalue weighted by atomic mass is 32.2. The van der Waals surface area contributed by atoms with E-state index in [-0.39, 0.29) is 11.8 Å². The third-order valence-corrected chi connectivity index (χ3v) is 6.97. The van der Waals surface area contributed by atoms with Gasteiger partial charge in [0.05, 0.1) is 4.90 Å². The normalized spacial score (nSPS) is 23.2. The van der Waals surface area contributed by atoms with Crippen molar-refractivity contribution < 1.29 is 13.2 Å². The summed E-state index contributed by atoms with van der Waals surface area (Å²) in [6, 6.07) is 16.3. The van der Waals surface area contributed by atoms with Crippen LogP contribution in [0.2, 0.25) is 0 Å². The van der Waals surface area contributed by atoms with Gasteiger partial charge in [0.15, 0.2) is 15.6 Å². The lowest BCUT2D eigenvalue weighted by Crippen LogP contribution is -2.35. The highest BCUT2D eigenvalue weighted by molar-refractivity contribution is 7.92. The summed E-state index contributed by atoms with van der Waals surface area (Å²) in [5, 5.41) is 2.49. The number of aryl methyl sites for hydroxylation is 1. The third kappa shape index (κ3) is 2.73. The first kappa shape index (κ1) is 16.2. The monoisotopic (exact) mass is 353 g/mol.